The van der Waals surface area contributed by atoms with Crippen LogP contribution in [0.1, 0.15) is 0 Å². The fraction of sp³-hybridized carbons (Fsp3) is 0. The smallest absolute Gasteiger partial charge is 2.00 e. The third kappa shape index (κ3) is 95.5. The Balaban J connectivity index is -0.0000000150. The van der Waals surface area contributed by atoms with Crippen LogP contribution in [0.25, 0.3) is 0 Å². The second kappa shape index (κ2) is 15.6. The van der Waals surface area contributed by atoms with Crippen molar-refractivity contribution < 1.29 is 20.5 Å². The summed E-state index contributed by atoms with van der Waals surface area (Å²) in [7, 11) is 0. The summed E-state index contributed by atoms with van der Waals surface area (Å²) < 4.78 is 0. The van der Waals surface area contributed by atoms with Gasteiger partial charge in [-0.3, -0.25) is 0 Å². The minimum Gasteiger partial charge on any atom is -2.00 e. The minimum absolute atomic E-state index is 0. The molecule has 32 valence electrons. The van der Waals surface area contributed by atoms with Gasteiger partial charge in [-0.2, -0.15) is 0 Å². The number of carboxylic acid groups (broad SMARTS) is 2. The SMILES string of the molecule is O=C([O-])[O-].[Ba+2].[Mg+2].[O-2]. The number of hydrogen-bond acceptors (Lipinski definition) is 3. The summed E-state index contributed by atoms with van der Waals surface area (Å²) in [6.45, 7) is 0. The zero-order valence-electron chi connectivity index (χ0n) is 3.55. The topological polar surface area (TPSA) is 91.7 Å². The molecule has 6 heteroatoms. The molecule has 0 aliphatic carbocycles. The largest absolute Gasteiger partial charge is 2.00 e. The Kier molecular flexibility index (Phi) is 52.6. The van der Waals surface area contributed by atoms with Crippen LogP contribution < -0.4 is 10.2 Å². The van der Waals surface area contributed by atoms with E-state index in [1.165, 1.54) is 0 Å². The first kappa shape index (κ1) is 23.5. The monoisotopic (exact) mass is 238 g/mol. The van der Waals surface area contributed by atoms with Gasteiger partial charge in [-0.05, 0) is 6.16 Å². The molecule has 0 aromatic rings. The molecule has 0 atom stereocenters. The fourth-order valence-corrected chi connectivity index (χ4v) is 0. The summed E-state index contributed by atoms with van der Waals surface area (Å²) in [5.41, 5.74) is 0. The van der Waals surface area contributed by atoms with Gasteiger partial charge in [0.1, 0.15) is 0 Å². The molecule has 0 aliphatic heterocycles. The Morgan fingerprint density at radius 1 is 1.29 bits per heavy atom. The van der Waals surface area contributed by atoms with Crippen molar-refractivity contribution in [2.75, 3.05) is 0 Å². The van der Waals surface area contributed by atoms with E-state index in [4.69, 9.17) is 15.0 Å². The first-order chi connectivity index (χ1) is 1.73. The van der Waals surface area contributed by atoms with E-state index in [2.05, 4.69) is 0 Å². The van der Waals surface area contributed by atoms with Crippen LogP contribution >= 0.6 is 0 Å². The van der Waals surface area contributed by atoms with Gasteiger partial charge in [0.2, 0.25) is 0 Å². The normalized spacial score (nSPS) is 3.43. The molecule has 0 N–H and O–H groups in total. The molecule has 0 rings (SSSR count). The average molecular weight is 238 g/mol. The molecule has 0 saturated heterocycles. The van der Waals surface area contributed by atoms with Gasteiger partial charge in [-0.1, -0.05) is 0 Å². The average Bonchev–Trinajstić information content (AvgIpc) is 0.811. The van der Waals surface area contributed by atoms with Crippen LogP contribution in [0.4, 0.5) is 4.79 Å². The predicted molar refractivity (Wildman–Crippen MR) is 17.6 cm³/mol. The zero-order chi connectivity index (χ0) is 3.58. The molecule has 0 aliphatic rings. The Morgan fingerprint density at radius 3 is 1.29 bits per heavy atom. The summed E-state index contributed by atoms with van der Waals surface area (Å²) in [5.74, 6) is 0. The van der Waals surface area contributed by atoms with E-state index < -0.39 is 6.16 Å². The van der Waals surface area contributed by atoms with Crippen molar-refractivity contribution in [1.29, 1.82) is 0 Å². The van der Waals surface area contributed by atoms with E-state index in [1.54, 1.807) is 0 Å². The molecule has 0 heterocycles. The van der Waals surface area contributed by atoms with Gasteiger partial charge < -0.3 is 20.5 Å². The quantitative estimate of drug-likeness (QED) is 0.413. The predicted octanol–water partition coefficient (Wildman–Crippen LogP) is -3.33. The van der Waals surface area contributed by atoms with Crippen LogP contribution in [0.5, 0.6) is 0 Å². The van der Waals surface area contributed by atoms with Crippen LogP contribution in [0.2, 0.25) is 0 Å². The van der Waals surface area contributed by atoms with Crippen LogP contribution in [0.3, 0.4) is 0 Å². The van der Waals surface area contributed by atoms with Crippen molar-refractivity contribution in [2.24, 2.45) is 0 Å². The molecule has 0 aromatic heterocycles. The first-order valence-corrected chi connectivity index (χ1v) is 0.612. The van der Waals surface area contributed by atoms with Crippen molar-refractivity contribution in [3.05, 3.63) is 0 Å². The van der Waals surface area contributed by atoms with Crippen LogP contribution in [0.15, 0.2) is 0 Å². The van der Waals surface area contributed by atoms with E-state index in [-0.39, 0.29) is 77.4 Å². The summed E-state index contributed by atoms with van der Waals surface area (Å²) in [6.07, 6.45) is -2.33. The zero-order valence-corrected chi connectivity index (χ0v) is 9.40. The summed E-state index contributed by atoms with van der Waals surface area (Å²) >= 11 is 0. The van der Waals surface area contributed by atoms with Gasteiger partial charge >= 0.3 is 71.9 Å². The summed E-state index contributed by atoms with van der Waals surface area (Å²) in [4.78, 5) is 8.33. The molecule has 0 aromatic carbocycles. The van der Waals surface area contributed by atoms with Crippen molar-refractivity contribution >= 4 is 78.1 Å². The Morgan fingerprint density at radius 2 is 1.29 bits per heavy atom. The second-order valence-corrected chi connectivity index (χ2v) is 0.250. The van der Waals surface area contributed by atoms with Crippen LogP contribution in [-0.2, 0) is 5.48 Å². The molecule has 0 spiro atoms. The number of rotatable bonds is 0. The first-order valence-electron chi connectivity index (χ1n) is 0.612. The van der Waals surface area contributed by atoms with Crippen molar-refractivity contribution in [3.8, 4) is 0 Å². The van der Waals surface area contributed by atoms with Gasteiger partial charge in [0.05, 0.1) is 0 Å². The maximum Gasteiger partial charge on any atom is 2.00 e. The van der Waals surface area contributed by atoms with Crippen molar-refractivity contribution in [2.45, 2.75) is 0 Å². The summed E-state index contributed by atoms with van der Waals surface area (Å²) in [5, 5.41) is 16.7. The molecule has 0 unspecified atom stereocenters. The van der Waals surface area contributed by atoms with Gasteiger partial charge in [-0.15, -0.1) is 0 Å². The van der Waals surface area contributed by atoms with Crippen LogP contribution in [-0.4, -0.2) is 78.1 Å². The number of carbonyl (C=O) groups excluding carboxylic acids is 1. The number of carbonyl (C=O) groups is 1. The van der Waals surface area contributed by atoms with Gasteiger partial charge in [0.15, 0.2) is 0 Å². The second-order valence-electron chi connectivity index (χ2n) is 0.250. The number of hydrogen-bond donors (Lipinski definition) is 0. The molecular formula is CBaMgO4. The molecule has 0 radical (unpaired) electrons. The third-order valence-corrected chi connectivity index (χ3v) is 0. The van der Waals surface area contributed by atoms with Crippen molar-refractivity contribution in [3.63, 3.8) is 0 Å². The summed E-state index contributed by atoms with van der Waals surface area (Å²) in [6, 6.07) is 0. The maximum absolute atomic E-state index is 8.33. The molecule has 0 amide bonds. The molecule has 0 bridgehead atoms. The van der Waals surface area contributed by atoms with Crippen molar-refractivity contribution in [1.82, 2.24) is 0 Å². The fourth-order valence-electron chi connectivity index (χ4n) is 0. The van der Waals surface area contributed by atoms with Gasteiger partial charge in [0.25, 0.3) is 0 Å². The van der Waals surface area contributed by atoms with Crippen LogP contribution in [0, 0.1) is 0 Å². The molecular weight excluding hydrogens is 238 g/mol. The van der Waals surface area contributed by atoms with E-state index in [0.717, 1.165) is 0 Å². The van der Waals surface area contributed by atoms with E-state index >= 15 is 0 Å². The molecule has 0 saturated carbocycles. The molecule has 7 heavy (non-hydrogen) atoms. The Labute approximate surface area is 96.8 Å². The Bertz CT molecular complexity index is 34.7. The van der Waals surface area contributed by atoms with Gasteiger partial charge in [-0.25, -0.2) is 0 Å². The standard InChI is InChI=1S/CH2O3.Ba.Mg.O/c2-1(3)4;;;/h(H2,2,3,4);;;/q;2*+2;-2/p-2. The maximum atomic E-state index is 8.33. The van der Waals surface area contributed by atoms with E-state index in [0.29, 0.717) is 0 Å². The van der Waals surface area contributed by atoms with E-state index in [1.807, 2.05) is 0 Å². The Hall–Kier alpha value is 1.57. The van der Waals surface area contributed by atoms with Gasteiger partial charge in [0, 0.05) is 0 Å². The van der Waals surface area contributed by atoms with E-state index in [9.17, 15) is 0 Å². The minimum atomic E-state index is -2.33. The molecule has 0 fully saturated rings. The molecule has 4 nitrogen and oxygen atoms in total. The third-order valence-electron chi connectivity index (χ3n) is 0.